The maximum Gasteiger partial charge on any atom is 0.0594 e. The minimum Gasteiger partial charge on any atom is -0.396 e. The van der Waals surface area contributed by atoms with Crippen LogP contribution in [0.2, 0.25) is 0 Å². The molecule has 0 aromatic rings. The number of ether oxygens (including phenoxy) is 1. The van der Waals surface area contributed by atoms with Crippen LogP contribution in [0.5, 0.6) is 0 Å². The molecule has 1 heterocycles. The summed E-state index contributed by atoms with van der Waals surface area (Å²) in [5.41, 5.74) is 0. The summed E-state index contributed by atoms with van der Waals surface area (Å²) in [6.07, 6.45) is 9.86. The molecule has 0 unspecified atom stereocenters. The van der Waals surface area contributed by atoms with E-state index >= 15 is 0 Å². The second kappa shape index (κ2) is 11.1. The summed E-state index contributed by atoms with van der Waals surface area (Å²) in [7, 11) is 0. The molecular weight excluding hydrogens is 246 g/mol. The molecule has 0 aromatic carbocycles. The lowest BCUT2D eigenvalue weighted by Crippen LogP contribution is -2.36. The lowest BCUT2D eigenvalue weighted by Gasteiger charge is -2.26. The molecule has 1 rings (SSSR count). The Labute approximate surface area is 116 Å². The van der Waals surface area contributed by atoms with Crippen LogP contribution in [0.25, 0.3) is 0 Å². The van der Waals surface area contributed by atoms with Crippen LogP contribution >= 0.6 is 11.8 Å². The minimum absolute atomic E-state index is 0.337. The Hall–Kier alpha value is 0.230. The van der Waals surface area contributed by atoms with E-state index in [1.807, 2.05) is 0 Å². The van der Waals surface area contributed by atoms with E-state index in [9.17, 15) is 5.11 Å². The van der Waals surface area contributed by atoms with Gasteiger partial charge >= 0.3 is 0 Å². The first kappa shape index (κ1) is 16.3. The van der Waals surface area contributed by atoms with E-state index in [1.165, 1.54) is 32.2 Å². The van der Waals surface area contributed by atoms with Crippen molar-refractivity contribution in [2.24, 2.45) is 5.92 Å². The number of unbranched alkanes of at least 4 members (excludes halogenated alkanes) is 2. The molecule has 1 N–H and O–H groups in total. The smallest absolute Gasteiger partial charge is 0.0594 e. The van der Waals surface area contributed by atoms with E-state index in [0.717, 1.165) is 38.5 Å². The molecule has 18 heavy (non-hydrogen) atoms. The maximum absolute atomic E-state index is 9.26. The van der Waals surface area contributed by atoms with Crippen LogP contribution in [0, 0.1) is 12.2 Å². The normalized spacial score (nSPS) is 19.0. The number of hydrogen-bond acceptors (Lipinski definition) is 4. The Morgan fingerprint density at radius 2 is 1.94 bits per heavy atom. The van der Waals surface area contributed by atoms with Crippen LogP contribution in [-0.4, -0.2) is 55.2 Å². The highest BCUT2D eigenvalue weighted by atomic mass is 32.2. The zero-order valence-corrected chi connectivity index (χ0v) is 12.3. The number of nitrogens with zero attached hydrogens (tertiary/aromatic N) is 1. The third kappa shape index (κ3) is 7.62. The number of rotatable bonds is 10. The van der Waals surface area contributed by atoms with Gasteiger partial charge in [-0.15, -0.1) is 0 Å². The molecule has 1 saturated heterocycles. The number of thioether (sulfide) groups is 1. The van der Waals surface area contributed by atoms with Crippen LogP contribution in [0.1, 0.15) is 32.1 Å². The number of morpholine rings is 1. The number of aliphatic hydroxyl groups excluding tert-OH is 1. The molecule has 0 bridgehead atoms. The average molecular weight is 274 g/mol. The highest BCUT2D eigenvalue weighted by Gasteiger charge is 2.10. The highest BCUT2D eigenvalue weighted by molar-refractivity contribution is 8.00. The van der Waals surface area contributed by atoms with E-state index < -0.39 is 0 Å². The van der Waals surface area contributed by atoms with Crippen molar-refractivity contribution in [3.8, 4) is 0 Å². The molecule has 0 aromatic heterocycles. The van der Waals surface area contributed by atoms with Crippen molar-refractivity contribution in [3.05, 3.63) is 6.26 Å². The fraction of sp³-hybridized carbons (Fsp3) is 0.929. The topological polar surface area (TPSA) is 32.7 Å². The molecule has 0 spiro atoms. The van der Waals surface area contributed by atoms with Crippen molar-refractivity contribution in [3.63, 3.8) is 0 Å². The van der Waals surface area contributed by atoms with Crippen LogP contribution < -0.4 is 0 Å². The molecule has 1 atom stereocenters. The molecule has 0 aliphatic carbocycles. The first-order valence-electron chi connectivity index (χ1n) is 7.14. The standard InChI is InChI=1S/C14H28NO2S/c1-18-12-6-14(13-16)5-3-2-4-7-15-8-10-17-11-9-15/h14,16H,1-13H2/t14-/m1/s1. The van der Waals surface area contributed by atoms with Gasteiger partial charge in [-0.2, -0.15) is 11.8 Å². The number of hydrogen-bond donors (Lipinski definition) is 1. The SMILES string of the molecule is [CH2]SCC[C@H](CO)CCCCCN1CCOCC1. The zero-order chi connectivity index (χ0) is 13.1. The first-order valence-corrected chi connectivity index (χ1v) is 8.30. The lowest BCUT2D eigenvalue weighted by atomic mass is 9.99. The van der Waals surface area contributed by atoms with Gasteiger partial charge in [-0.25, -0.2) is 0 Å². The molecule has 107 valence electrons. The quantitative estimate of drug-likeness (QED) is 0.620. The van der Waals surface area contributed by atoms with Crippen molar-refractivity contribution >= 4 is 11.8 Å². The monoisotopic (exact) mass is 274 g/mol. The third-order valence-electron chi connectivity index (χ3n) is 3.62. The Kier molecular flexibility index (Phi) is 10.0. The predicted octanol–water partition coefficient (Wildman–Crippen LogP) is 2.40. The van der Waals surface area contributed by atoms with Crippen molar-refractivity contribution < 1.29 is 9.84 Å². The Morgan fingerprint density at radius 1 is 1.17 bits per heavy atom. The van der Waals surface area contributed by atoms with Crippen molar-refractivity contribution in [1.82, 2.24) is 4.90 Å². The van der Waals surface area contributed by atoms with Crippen molar-refractivity contribution in [2.45, 2.75) is 32.1 Å². The molecule has 1 aliphatic rings. The van der Waals surface area contributed by atoms with Crippen molar-refractivity contribution in [1.29, 1.82) is 0 Å². The Morgan fingerprint density at radius 3 is 2.61 bits per heavy atom. The van der Waals surface area contributed by atoms with E-state index in [2.05, 4.69) is 11.2 Å². The van der Waals surface area contributed by atoms with Gasteiger partial charge in [0.25, 0.3) is 0 Å². The molecule has 1 fully saturated rings. The van der Waals surface area contributed by atoms with Crippen LogP contribution in [0.3, 0.4) is 0 Å². The highest BCUT2D eigenvalue weighted by Crippen LogP contribution is 2.16. The Balaban J connectivity index is 1.93. The summed E-state index contributed by atoms with van der Waals surface area (Å²) in [4.78, 5) is 2.49. The summed E-state index contributed by atoms with van der Waals surface area (Å²) >= 11 is 1.63. The summed E-state index contributed by atoms with van der Waals surface area (Å²) in [5.74, 6) is 1.56. The van der Waals surface area contributed by atoms with Gasteiger partial charge in [0.1, 0.15) is 0 Å². The maximum atomic E-state index is 9.26. The van der Waals surface area contributed by atoms with Gasteiger partial charge < -0.3 is 9.84 Å². The van der Waals surface area contributed by atoms with Crippen molar-refractivity contribution in [2.75, 3.05) is 45.2 Å². The molecule has 1 aliphatic heterocycles. The predicted molar refractivity (Wildman–Crippen MR) is 78.7 cm³/mol. The van der Waals surface area contributed by atoms with E-state index in [0.29, 0.717) is 12.5 Å². The molecule has 0 amide bonds. The summed E-state index contributed by atoms with van der Waals surface area (Å²) in [6.45, 7) is 5.54. The van der Waals surface area contributed by atoms with Crippen LogP contribution in [0.4, 0.5) is 0 Å². The fourth-order valence-electron chi connectivity index (χ4n) is 2.35. The second-order valence-corrected chi connectivity index (χ2v) is 5.87. The average Bonchev–Trinajstić information content (AvgIpc) is 2.43. The third-order valence-corrected chi connectivity index (χ3v) is 4.14. The lowest BCUT2D eigenvalue weighted by molar-refractivity contribution is 0.0370. The van der Waals surface area contributed by atoms with E-state index in [4.69, 9.17) is 4.74 Å². The van der Waals surface area contributed by atoms with E-state index in [-0.39, 0.29) is 0 Å². The van der Waals surface area contributed by atoms with Gasteiger partial charge in [0.15, 0.2) is 0 Å². The van der Waals surface area contributed by atoms with E-state index in [1.54, 1.807) is 11.8 Å². The summed E-state index contributed by atoms with van der Waals surface area (Å²) in [6, 6.07) is 0. The number of aliphatic hydroxyl groups is 1. The van der Waals surface area contributed by atoms with Crippen LogP contribution in [-0.2, 0) is 4.74 Å². The van der Waals surface area contributed by atoms with Gasteiger partial charge in [-0.1, -0.05) is 12.8 Å². The van der Waals surface area contributed by atoms with Gasteiger partial charge in [0, 0.05) is 26.0 Å². The molecule has 3 nitrogen and oxygen atoms in total. The summed E-state index contributed by atoms with van der Waals surface area (Å²) < 4.78 is 5.33. The molecule has 0 saturated carbocycles. The molecule has 4 heteroatoms. The Bertz CT molecular complexity index is 187. The van der Waals surface area contributed by atoms with Gasteiger partial charge in [-0.05, 0) is 37.5 Å². The second-order valence-electron chi connectivity index (χ2n) is 5.05. The van der Waals surface area contributed by atoms with Gasteiger partial charge in [-0.3, -0.25) is 4.90 Å². The zero-order valence-electron chi connectivity index (χ0n) is 11.5. The minimum atomic E-state index is 0.337. The fourth-order valence-corrected chi connectivity index (χ4v) is 2.85. The van der Waals surface area contributed by atoms with Crippen LogP contribution in [0.15, 0.2) is 0 Å². The molecule has 1 radical (unpaired) electrons. The first-order chi connectivity index (χ1) is 8.86. The molecular formula is C14H28NO2S. The largest absolute Gasteiger partial charge is 0.396 e. The van der Waals surface area contributed by atoms with Gasteiger partial charge in [0.2, 0.25) is 0 Å². The van der Waals surface area contributed by atoms with Gasteiger partial charge in [0.05, 0.1) is 13.2 Å². The summed E-state index contributed by atoms with van der Waals surface area (Å²) in [5, 5.41) is 9.26.